The number of aliphatic hydroxyl groups excluding tert-OH is 1. The number of ether oxygens (including phenoxy) is 2. The summed E-state index contributed by atoms with van der Waals surface area (Å²) in [6.07, 6.45) is 3.14. The highest BCUT2D eigenvalue weighted by molar-refractivity contribution is 6.24. The van der Waals surface area contributed by atoms with Gasteiger partial charge in [-0.1, -0.05) is 19.9 Å². The van der Waals surface area contributed by atoms with Gasteiger partial charge in [0, 0.05) is 34.8 Å². The highest BCUT2D eigenvalue weighted by Gasteiger charge is 2.64. The monoisotopic (exact) mass is 486 g/mol. The Labute approximate surface area is 207 Å². The van der Waals surface area contributed by atoms with Crippen molar-refractivity contribution in [1.82, 2.24) is 0 Å². The fraction of sp³-hybridized carbons (Fsp3) is 0.679. The van der Waals surface area contributed by atoms with Crippen LogP contribution in [-0.2, 0) is 23.9 Å². The van der Waals surface area contributed by atoms with E-state index in [0.717, 1.165) is 0 Å². The van der Waals surface area contributed by atoms with Crippen LogP contribution < -0.4 is 0 Å². The first-order valence-corrected chi connectivity index (χ1v) is 12.6. The first-order valence-electron chi connectivity index (χ1n) is 12.6. The van der Waals surface area contributed by atoms with Crippen molar-refractivity contribution in [3.05, 3.63) is 34.6 Å². The van der Waals surface area contributed by atoms with E-state index in [-0.39, 0.29) is 47.8 Å². The molecule has 192 valence electrons. The van der Waals surface area contributed by atoms with Crippen molar-refractivity contribution in [2.45, 2.75) is 104 Å². The zero-order chi connectivity index (χ0) is 26.1. The van der Waals surface area contributed by atoms with Gasteiger partial charge in [-0.3, -0.25) is 14.4 Å². The van der Waals surface area contributed by atoms with Gasteiger partial charge in [0.15, 0.2) is 17.3 Å². The van der Waals surface area contributed by atoms with E-state index < -0.39 is 40.5 Å². The molecule has 1 saturated carbocycles. The normalized spacial score (nSPS) is 38.7. The lowest BCUT2D eigenvalue weighted by molar-refractivity contribution is -0.279. The third-order valence-corrected chi connectivity index (χ3v) is 9.11. The number of hydrogen-bond acceptors (Lipinski definition) is 7. The number of ketones is 3. The highest BCUT2D eigenvalue weighted by atomic mass is 16.5. The van der Waals surface area contributed by atoms with Crippen LogP contribution in [0.2, 0.25) is 0 Å². The second kappa shape index (κ2) is 8.49. The van der Waals surface area contributed by atoms with Crippen molar-refractivity contribution in [1.29, 1.82) is 0 Å². The third kappa shape index (κ3) is 3.96. The number of fused-ring (bicyclic) bond motifs is 3. The molecule has 2 aliphatic heterocycles. The third-order valence-electron chi connectivity index (χ3n) is 9.11. The molecule has 2 fully saturated rings. The summed E-state index contributed by atoms with van der Waals surface area (Å²) >= 11 is 0. The average molecular weight is 487 g/mol. The van der Waals surface area contributed by atoms with Crippen molar-refractivity contribution in [2.75, 3.05) is 0 Å². The van der Waals surface area contributed by atoms with Crippen molar-refractivity contribution < 1.29 is 34.1 Å². The molecule has 2 N–H and O–H groups in total. The molecule has 0 amide bonds. The summed E-state index contributed by atoms with van der Waals surface area (Å²) in [4.78, 5) is 39.4. The lowest BCUT2D eigenvalue weighted by Gasteiger charge is -2.62. The molecule has 0 aromatic rings. The minimum Gasteiger partial charge on any atom is -0.483 e. The molecular formula is C28H38O7. The van der Waals surface area contributed by atoms with Crippen molar-refractivity contribution in [2.24, 2.45) is 17.3 Å². The van der Waals surface area contributed by atoms with Crippen LogP contribution in [0.1, 0.15) is 74.1 Å². The molecule has 7 atom stereocenters. The number of Topliss-reactive ketones (excluding diaryl/α,β-unsaturated/α-hetero) is 2. The van der Waals surface area contributed by atoms with Crippen LogP contribution in [0.5, 0.6) is 0 Å². The predicted molar refractivity (Wildman–Crippen MR) is 129 cm³/mol. The van der Waals surface area contributed by atoms with Crippen LogP contribution in [0.3, 0.4) is 0 Å². The van der Waals surface area contributed by atoms with Gasteiger partial charge in [-0.2, -0.15) is 0 Å². The van der Waals surface area contributed by atoms with E-state index in [0.29, 0.717) is 24.0 Å². The molecular weight excluding hydrogens is 448 g/mol. The molecule has 2 heterocycles. The number of allylic oxidation sites excluding steroid dienone is 5. The SMILES string of the molecule is C/C=C(\C)C(=O)[C@@H](C)C1=CC(=O)C2=C(O[C@@]3(C)CC[C@H]4O[C@@H](C(C)(C)O)C[C@H](O)[C@]4(C)[C@H]3C2)C1=O. The fourth-order valence-electron chi connectivity index (χ4n) is 6.53. The molecule has 0 radical (unpaired) electrons. The topological polar surface area (TPSA) is 110 Å². The summed E-state index contributed by atoms with van der Waals surface area (Å²) in [6, 6.07) is 0. The minimum atomic E-state index is -1.09. The van der Waals surface area contributed by atoms with E-state index in [1.807, 2.05) is 13.8 Å². The number of hydrogen-bond donors (Lipinski definition) is 2. The Balaban J connectivity index is 1.67. The molecule has 2 aliphatic carbocycles. The Morgan fingerprint density at radius 2 is 1.94 bits per heavy atom. The zero-order valence-electron chi connectivity index (χ0n) is 21.8. The van der Waals surface area contributed by atoms with E-state index in [9.17, 15) is 24.6 Å². The van der Waals surface area contributed by atoms with Gasteiger partial charge in [-0.25, -0.2) is 0 Å². The predicted octanol–water partition coefficient (Wildman–Crippen LogP) is 3.37. The number of aliphatic hydroxyl groups is 2. The van der Waals surface area contributed by atoms with Gasteiger partial charge in [0.2, 0.25) is 5.78 Å². The molecule has 7 nitrogen and oxygen atoms in total. The summed E-state index contributed by atoms with van der Waals surface area (Å²) in [5.41, 5.74) is -1.57. The van der Waals surface area contributed by atoms with E-state index >= 15 is 0 Å². The Morgan fingerprint density at radius 1 is 1.29 bits per heavy atom. The van der Waals surface area contributed by atoms with Gasteiger partial charge in [-0.15, -0.1) is 0 Å². The maximum absolute atomic E-state index is 13.5. The van der Waals surface area contributed by atoms with Gasteiger partial charge < -0.3 is 19.7 Å². The quantitative estimate of drug-likeness (QED) is 0.463. The van der Waals surface area contributed by atoms with E-state index in [4.69, 9.17) is 9.47 Å². The Morgan fingerprint density at radius 3 is 2.54 bits per heavy atom. The smallest absolute Gasteiger partial charge is 0.224 e. The van der Waals surface area contributed by atoms with E-state index in [2.05, 4.69) is 0 Å². The van der Waals surface area contributed by atoms with Crippen LogP contribution >= 0.6 is 0 Å². The largest absolute Gasteiger partial charge is 0.483 e. The summed E-state index contributed by atoms with van der Waals surface area (Å²) < 4.78 is 12.7. The van der Waals surface area contributed by atoms with Crippen LogP contribution in [0.15, 0.2) is 34.6 Å². The molecule has 1 saturated heterocycles. The second-order valence-electron chi connectivity index (χ2n) is 11.8. The van der Waals surface area contributed by atoms with Gasteiger partial charge in [0.1, 0.15) is 5.60 Å². The zero-order valence-corrected chi connectivity index (χ0v) is 21.8. The van der Waals surface area contributed by atoms with Gasteiger partial charge in [0.05, 0.1) is 23.9 Å². The molecule has 7 heteroatoms. The molecule has 0 aromatic heterocycles. The lowest BCUT2D eigenvalue weighted by Crippen LogP contribution is -2.67. The maximum atomic E-state index is 13.5. The van der Waals surface area contributed by atoms with Crippen molar-refractivity contribution in [3.8, 4) is 0 Å². The Bertz CT molecular complexity index is 1060. The molecule has 4 rings (SSSR count). The number of rotatable bonds is 4. The molecule has 0 spiro atoms. The van der Waals surface area contributed by atoms with Crippen molar-refractivity contribution in [3.63, 3.8) is 0 Å². The van der Waals surface area contributed by atoms with E-state index in [1.54, 1.807) is 40.7 Å². The standard InChI is InChI=1S/C28H38O7/c1-8-14(2)23(31)15(3)16-11-18(29)17-12-19-27(6,35-25(17)24(16)32)10-9-21-28(19,7)20(30)13-22(34-21)26(4,5)33/h8,11,15,19-22,30,33H,9-10,12-13H2,1-7H3/b14-8+/t15-,19-,20-,21+,22+,27-,28-/m0/s1. The van der Waals surface area contributed by atoms with Crippen LogP contribution in [-0.4, -0.2) is 57.1 Å². The fourth-order valence-corrected chi connectivity index (χ4v) is 6.53. The lowest BCUT2D eigenvalue weighted by atomic mass is 9.52. The van der Waals surface area contributed by atoms with Gasteiger partial charge in [0.25, 0.3) is 0 Å². The average Bonchev–Trinajstić information content (AvgIpc) is 2.79. The molecule has 0 aromatic carbocycles. The highest BCUT2D eigenvalue weighted by Crippen LogP contribution is 2.59. The van der Waals surface area contributed by atoms with Crippen LogP contribution in [0.4, 0.5) is 0 Å². The first kappa shape index (κ1) is 26.0. The van der Waals surface area contributed by atoms with Gasteiger partial charge in [-0.05, 0) is 65.5 Å². The maximum Gasteiger partial charge on any atom is 0.224 e. The van der Waals surface area contributed by atoms with Crippen LogP contribution in [0.25, 0.3) is 0 Å². The van der Waals surface area contributed by atoms with Crippen molar-refractivity contribution >= 4 is 17.3 Å². The summed E-state index contributed by atoms with van der Waals surface area (Å²) in [7, 11) is 0. The Kier molecular flexibility index (Phi) is 6.31. The number of carbonyl (C=O) groups is 3. The van der Waals surface area contributed by atoms with Crippen LogP contribution in [0, 0.1) is 17.3 Å². The summed E-state index contributed by atoms with van der Waals surface area (Å²) in [6.45, 7) is 12.4. The molecule has 4 aliphatic rings. The summed E-state index contributed by atoms with van der Waals surface area (Å²) in [5.74, 6) is -1.88. The van der Waals surface area contributed by atoms with E-state index in [1.165, 1.54) is 6.08 Å². The summed E-state index contributed by atoms with van der Waals surface area (Å²) in [5, 5.41) is 21.9. The molecule has 35 heavy (non-hydrogen) atoms. The number of carbonyl (C=O) groups excluding carboxylic acids is 3. The minimum absolute atomic E-state index is 0.0478. The molecule has 0 unspecified atom stereocenters. The first-order chi connectivity index (χ1) is 16.1. The van der Waals surface area contributed by atoms with Gasteiger partial charge >= 0.3 is 0 Å². The second-order valence-corrected chi connectivity index (χ2v) is 11.8. The molecule has 0 bridgehead atoms. The Hall–Kier alpha value is -2.09.